The van der Waals surface area contributed by atoms with Crippen LogP contribution in [-0.2, 0) is 26.1 Å². The number of carbonyl (C=O) groups is 3. The summed E-state index contributed by atoms with van der Waals surface area (Å²) in [7, 11) is -3.81. The fourth-order valence-corrected chi connectivity index (χ4v) is 4.27. The molecule has 34 heavy (non-hydrogen) atoms. The van der Waals surface area contributed by atoms with E-state index in [1.807, 2.05) is 11.4 Å². The predicted molar refractivity (Wildman–Crippen MR) is 123 cm³/mol. The van der Waals surface area contributed by atoms with Crippen LogP contribution in [-0.4, -0.2) is 32.9 Å². The average Bonchev–Trinajstić information content (AvgIpc) is 3.31. The Labute approximate surface area is 196 Å². The summed E-state index contributed by atoms with van der Waals surface area (Å²) in [5.41, 5.74) is 1.77. The van der Waals surface area contributed by atoms with Crippen molar-refractivity contribution < 1.29 is 32.0 Å². The third-order valence-corrected chi connectivity index (χ3v) is 6.12. The summed E-state index contributed by atoms with van der Waals surface area (Å²) in [4.78, 5) is 35.8. The van der Waals surface area contributed by atoms with E-state index in [9.17, 15) is 22.8 Å². The second kappa shape index (κ2) is 10.7. The molecule has 0 unspecified atom stereocenters. The van der Waals surface area contributed by atoms with Gasteiger partial charge in [-0.2, -0.15) is 0 Å². The van der Waals surface area contributed by atoms with Gasteiger partial charge in [-0.1, -0.05) is 12.1 Å². The number of rotatable bonds is 8. The number of urea groups is 1. The molecule has 2 aromatic carbocycles. The van der Waals surface area contributed by atoms with E-state index < -0.39 is 34.5 Å². The molecule has 0 atom stereocenters. The van der Waals surface area contributed by atoms with Crippen LogP contribution in [0.3, 0.4) is 0 Å². The number of hydrogen-bond donors (Lipinski definition) is 3. The number of sulfonamides is 1. The van der Waals surface area contributed by atoms with Gasteiger partial charge in [0, 0.05) is 5.69 Å². The highest BCUT2D eigenvalue weighted by Gasteiger charge is 2.18. The van der Waals surface area contributed by atoms with Crippen molar-refractivity contribution in [2.24, 2.45) is 0 Å². The van der Waals surface area contributed by atoms with Gasteiger partial charge in [-0.25, -0.2) is 18.0 Å². The Morgan fingerprint density at radius 3 is 2.41 bits per heavy atom. The van der Waals surface area contributed by atoms with Gasteiger partial charge in [-0.05, 0) is 67.4 Å². The fraction of sp³-hybridized carbons (Fsp3) is 0.174. The average molecular weight is 486 g/mol. The molecular weight excluding hydrogens is 462 g/mol. The first-order valence-electron chi connectivity index (χ1n) is 10.1. The molecule has 3 rings (SSSR count). The van der Waals surface area contributed by atoms with Crippen LogP contribution in [0.4, 0.5) is 10.5 Å². The molecule has 10 nitrogen and oxygen atoms in total. The number of hydrogen-bond acceptors (Lipinski definition) is 7. The van der Waals surface area contributed by atoms with Crippen molar-refractivity contribution in [2.45, 2.75) is 25.3 Å². The molecule has 3 amide bonds. The molecule has 0 saturated heterocycles. The molecule has 0 aliphatic rings. The Bertz CT molecular complexity index is 1280. The molecule has 0 bridgehead atoms. The highest BCUT2D eigenvalue weighted by Crippen LogP contribution is 2.21. The van der Waals surface area contributed by atoms with Crippen LogP contribution in [0.2, 0.25) is 0 Å². The summed E-state index contributed by atoms with van der Waals surface area (Å²) >= 11 is 0. The zero-order chi connectivity index (χ0) is 24.7. The molecule has 3 N–H and O–H groups in total. The molecule has 3 aromatic rings. The van der Waals surface area contributed by atoms with Crippen molar-refractivity contribution in [3.63, 3.8) is 0 Å². The van der Waals surface area contributed by atoms with Gasteiger partial charge in [0.25, 0.3) is 15.9 Å². The lowest BCUT2D eigenvalue weighted by atomic mass is 10.2. The zero-order valence-corrected chi connectivity index (χ0v) is 19.3. The van der Waals surface area contributed by atoms with E-state index in [2.05, 4.69) is 10.0 Å². The SMILES string of the molecule is Cc1ccc(C)c(S(=O)(=O)Nc2ccc(C(=O)OCC(=O)NC(=O)NCc3ccco3)cc2)c1. The standard InChI is InChI=1S/C23H23N3O7S/c1-15-5-6-16(2)20(12-15)34(30,31)26-18-9-7-17(8-10-18)22(28)33-14-21(27)25-23(29)24-13-19-4-3-11-32-19/h3-12,26H,13-14H2,1-2H3,(H2,24,25,27,29). The minimum Gasteiger partial charge on any atom is -0.467 e. The molecule has 0 fully saturated rings. The largest absolute Gasteiger partial charge is 0.467 e. The number of aryl methyl sites for hydroxylation is 2. The number of benzene rings is 2. The lowest BCUT2D eigenvalue weighted by Gasteiger charge is -2.11. The van der Waals surface area contributed by atoms with Crippen molar-refractivity contribution in [2.75, 3.05) is 11.3 Å². The maximum atomic E-state index is 12.7. The molecular formula is C23H23N3O7S. The van der Waals surface area contributed by atoms with Crippen LogP contribution in [0.1, 0.15) is 27.2 Å². The van der Waals surface area contributed by atoms with Crippen molar-refractivity contribution in [1.29, 1.82) is 0 Å². The van der Waals surface area contributed by atoms with Crippen molar-refractivity contribution in [1.82, 2.24) is 10.6 Å². The van der Waals surface area contributed by atoms with E-state index in [-0.39, 0.29) is 22.7 Å². The van der Waals surface area contributed by atoms with Crippen LogP contribution < -0.4 is 15.4 Å². The molecule has 0 saturated carbocycles. The van der Waals surface area contributed by atoms with Crippen LogP contribution in [0.15, 0.2) is 70.2 Å². The van der Waals surface area contributed by atoms with Crippen molar-refractivity contribution >= 4 is 33.6 Å². The molecule has 0 aliphatic heterocycles. The first-order valence-corrected chi connectivity index (χ1v) is 11.6. The van der Waals surface area contributed by atoms with Crippen LogP contribution in [0.25, 0.3) is 0 Å². The van der Waals surface area contributed by atoms with E-state index in [0.717, 1.165) is 5.56 Å². The maximum Gasteiger partial charge on any atom is 0.338 e. The Morgan fingerprint density at radius 1 is 1.00 bits per heavy atom. The Kier molecular flexibility index (Phi) is 7.69. The van der Waals surface area contributed by atoms with Gasteiger partial charge in [0.15, 0.2) is 6.61 Å². The second-order valence-electron chi connectivity index (χ2n) is 7.34. The Balaban J connectivity index is 1.50. The normalized spacial score (nSPS) is 10.9. The van der Waals surface area contributed by atoms with E-state index in [4.69, 9.17) is 9.15 Å². The Hall–Kier alpha value is -4.12. The topological polar surface area (TPSA) is 144 Å². The smallest absolute Gasteiger partial charge is 0.338 e. The van der Waals surface area contributed by atoms with Gasteiger partial charge in [0.2, 0.25) is 0 Å². The summed E-state index contributed by atoms with van der Waals surface area (Å²) in [5.74, 6) is -1.12. The summed E-state index contributed by atoms with van der Waals surface area (Å²) in [6, 6.07) is 13.2. The van der Waals surface area contributed by atoms with E-state index in [1.165, 1.54) is 30.5 Å². The van der Waals surface area contributed by atoms with E-state index in [0.29, 0.717) is 11.3 Å². The van der Waals surface area contributed by atoms with Crippen molar-refractivity contribution in [3.05, 3.63) is 83.3 Å². The molecule has 1 aromatic heterocycles. The quantitative estimate of drug-likeness (QED) is 0.416. The zero-order valence-electron chi connectivity index (χ0n) is 18.5. The molecule has 178 valence electrons. The molecule has 0 spiro atoms. The number of esters is 1. The van der Waals surface area contributed by atoms with E-state index >= 15 is 0 Å². The second-order valence-corrected chi connectivity index (χ2v) is 8.99. The van der Waals surface area contributed by atoms with Gasteiger partial charge >= 0.3 is 12.0 Å². The third kappa shape index (κ3) is 6.69. The molecule has 0 aliphatic carbocycles. The lowest BCUT2D eigenvalue weighted by Crippen LogP contribution is -2.41. The summed E-state index contributed by atoms with van der Waals surface area (Å²) < 4.78 is 37.8. The highest BCUT2D eigenvalue weighted by atomic mass is 32.2. The number of furan rings is 1. The van der Waals surface area contributed by atoms with E-state index in [1.54, 1.807) is 38.1 Å². The molecule has 1 heterocycles. The maximum absolute atomic E-state index is 12.7. The number of amides is 3. The van der Waals surface area contributed by atoms with Gasteiger partial charge in [-0.15, -0.1) is 0 Å². The summed E-state index contributed by atoms with van der Waals surface area (Å²) in [5, 5.41) is 4.44. The summed E-state index contributed by atoms with van der Waals surface area (Å²) in [6.45, 7) is 2.91. The predicted octanol–water partition coefficient (Wildman–Crippen LogP) is 2.88. The molecule has 11 heteroatoms. The summed E-state index contributed by atoms with van der Waals surface area (Å²) in [6.07, 6.45) is 1.45. The van der Waals surface area contributed by atoms with Crippen LogP contribution in [0.5, 0.6) is 0 Å². The number of carbonyl (C=O) groups excluding carboxylic acids is 3. The van der Waals surface area contributed by atoms with Crippen LogP contribution >= 0.6 is 0 Å². The fourth-order valence-electron chi connectivity index (χ4n) is 2.88. The van der Waals surface area contributed by atoms with Gasteiger partial charge in [-0.3, -0.25) is 14.8 Å². The third-order valence-electron chi connectivity index (χ3n) is 4.60. The minimum atomic E-state index is -3.81. The first-order chi connectivity index (χ1) is 16.1. The number of anilines is 1. The first kappa shape index (κ1) is 24.5. The number of imide groups is 1. The lowest BCUT2D eigenvalue weighted by molar-refractivity contribution is -0.123. The molecule has 0 radical (unpaired) electrons. The monoisotopic (exact) mass is 485 g/mol. The van der Waals surface area contributed by atoms with Gasteiger partial charge < -0.3 is 14.5 Å². The number of ether oxygens (including phenoxy) is 1. The minimum absolute atomic E-state index is 0.0887. The Morgan fingerprint density at radius 2 is 1.74 bits per heavy atom. The van der Waals surface area contributed by atoms with Gasteiger partial charge in [0.05, 0.1) is 23.3 Å². The highest BCUT2D eigenvalue weighted by molar-refractivity contribution is 7.92. The number of nitrogens with one attached hydrogen (secondary N) is 3. The van der Waals surface area contributed by atoms with Gasteiger partial charge in [0.1, 0.15) is 5.76 Å². The van der Waals surface area contributed by atoms with Crippen LogP contribution in [0, 0.1) is 13.8 Å². The van der Waals surface area contributed by atoms with Crippen molar-refractivity contribution in [3.8, 4) is 0 Å².